The molecule has 0 N–H and O–H groups in total. The predicted molar refractivity (Wildman–Crippen MR) is 92.7 cm³/mol. The maximum Gasteiger partial charge on any atom is 0.219 e. The van der Waals surface area contributed by atoms with Gasteiger partial charge in [-0.15, -0.1) is 0 Å². The van der Waals surface area contributed by atoms with Crippen LogP contribution in [0.5, 0.6) is 0 Å². The van der Waals surface area contributed by atoms with Crippen molar-refractivity contribution in [2.24, 2.45) is 0 Å². The molecule has 8 nitrogen and oxygen atoms in total. The highest BCUT2D eigenvalue weighted by molar-refractivity contribution is 7.89. The Morgan fingerprint density at radius 2 is 1.96 bits per heavy atom. The van der Waals surface area contributed by atoms with E-state index in [4.69, 9.17) is 9.47 Å². The largest absolute Gasteiger partial charge is 0.383 e. The Morgan fingerprint density at radius 1 is 1.24 bits per heavy atom. The average molecular weight is 375 g/mol. The van der Waals surface area contributed by atoms with Crippen LogP contribution in [0.3, 0.4) is 0 Å². The molecule has 3 heterocycles. The van der Waals surface area contributed by atoms with Crippen LogP contribution in [0.4, 0.5) is 0 Å². The molecule has 144 valence electrons. The summed E-state index contributed by atoms with van der Waals surface area (Å²) in [4.78, 5) is 15.7. The van der Waals surface area contributed by atoms with E-state index < -0.39 is 10.0 Å². The molecule has 3 aliphatic rings. The summed E-state index contributed by atoms with van der Waals surface area (Å²) in [6.07, 6.45) is 1.79. The fraction of sp³-hybridized carbons (Fsp3) is 0.938. The molecule has 0 unspecified atom stereocenters. The molecule has 0 aromatic carbocycles. The molecule has 0 radical (unpaired) electrons. The second-order valence-corrected chi connectivity index (χ2v) is 9.13. The number of hydrogen-bond acceptors (Lipinski definition) is 6. The van der Waals surface area contributed by atoms with Gasteiger partial charge in [0.25, 0.3) is 0 Å². The van der Waals surface area contributed by atoms with E-state index in [1.165, 1.54) is 0 Å². The fourth-order valence-corrected chi connectivity index (χ4v) is 5.69. The van der Waals surface area contributed by atoms with E-state index in [0.29, 0.717) is 25.7 Å². The molecule has 9 heteroatoms. The molecule has 0 spiro atoms. The minimum Gasteiger partial charge on any atom is -0.383 e. The number of sulfonamides is 1. The first-order chi connectivity index (χ1) is 11.9. The van der Waals surface area contributed by atoms with Gasteiger partial charge in [-0.25, -0.2) is 8.42 Å². The Hall–Kier alpha value is -0.740. The van der Waals surface area contributed by atoms with Gasteiger partial charge in [0.1, 0.15) is 0 Å². The van der Waals surface area contributed by atoms with Gasteiger partial charge in [0.2, 0.25) is 15.9 Å². The van der Waals surface area contributed by atoms with E-state index >= 15 is 0 Å². The number of piperidine rings is 1. The third-order valence-corrected chi connectivity index (χ3v) is 7.46. The first-order valence-electron chi connectivity index (χ1n) is 9.02. The van der Waals surface area contributed by atoms with Crippen molar-refractivity contribution < 1.29 is 22.7 Å². The summed E-state index contributed by atoms with van der Waals surface area (Å²) >= 11 is 0. The van der Waals surface area contributed by atoms with Crippen molar-refractivity contribution in [1.29, 1.82) is 0 Å². The van der Waals surface area contributed by atoms with Gasteiger partial charge in [0.05, 0.1) is 31.1 Å². The Balaban J connectivity index is 1.67. The first-order valence-corrected chi connectivity index (χ1v) is 10.6. The average Bonchev–Trinajstić information content (AvgIpc) is 2.94. The summed E-state index contributed by atoms with van der Waals surface area (Å²) in [6.45, 7) is 5.63. The molecule has 0 saturated carbocycles. The SMILES string of the molecule is COCCN1[C@@H]2CN(C3CCN(C(C)=O)CC3)C[C@@H]2OCCS1(=O)=O. The summed E-state index contributed by atoms with van der Waals surface area (Å²) in [5.74, 6) is 0.172. The van der Waals surface area contributed by atoms with E-state index in [0.717, 1.165) is 32.5 Å². The van der Waals surface area contributed by atoms with Crippen molar-refractivity contribution in [3.05, 3.63) is 0 Å². The van der Waals surface area contributed by atoms with E-state index in [2.05, 4.69) is 4.90 Å². The van der Waals surface area contributed by atoms with Gasteiger partial charge in [-0.2, -0.15) is 4.31 Å². The van der Waals surface area contributed by atoms with Gasteiger partial charge in [-0.3, -0.25) is 9.69 Å². The lowest BCUT2D eigenvalue weighted by atomic mass is 10.0. The van der Waals surface area contributed by atoms with Gasteiger partial charge in [0.15, 0.2) is 0 Å². The number of ether oxygens (including phenoxy) is 2. The van der Waals surface area contributed by atoms with E-state index in [9.17, 15) is 13.2 Å². The molecule has 3 rings (SSSR count). The number of carbonyl (C=O) groups is 1. The molecule has 0 aliphatic carbocycles. The Bertz CT molecular complexity index is 576. The zero-order valence-electron chi connectivity index (χ0n) is 15.1. The highest BCUT2D eigenvalue weighted by atomic mass is 32.2. The molecule has 25 heavy (non-hydrogen) atoms. The highest BCUT2D eigenvalue weighted by Crippen LogP contribution is 2.29. The smallest absolute Gasteiger partial charge is 0.219 e. The summed E-state index contributed by atoms with van der Waals surface area (Å²) in [6, 6.07) is 0.242. The molecule has 0 aromatic rings. The molecule has 3 aliphatic heterocycles. The van der Waals surface area contributed by atoms with E-state index in [1.54, 1.807) is 18.3 Å². The number of methoxy groups -OCH3 is 1. The quantitative estimate of drug-likeness (QED) is 0.650. The Kier molecular flexibility index (Phi) is 5.99. The molecule has 2 atom stereocenters. The summed E-state index contributed by atoms with van der Waals surface area (Å²) < 4.78 is 37.7. The number of fused-ring (bicyclic) bond motifs is 1. The van der Waals surface area contributed by atoms with Crippen molar-refractivity contribution in [1.82, 2.24) is 14.1 Å². The zero-order valence-corrected chi connectivity index (χ0v) is 15.9. The van der Waals surface area contributed by atoms with Gasteiger partial charge in [-0.1, -0.05) is 0 Å². The normalized spacial score (nSPS) is 31.7. The lowest BCUT2D eigenvalue weighted by Gasteiger charge is -2.36. The standard InChI is InChI=1S/C16H29N3O5S/c1-13(20)17-5-3-14(4-6-17)18-11-15-16(12-18)24-9-10-25(21,22)19(15)7-8-23-2/h14-16H,3-12H2,1-2H3/t15-,16+/m1/s1. The third-order valence-electron chi connectivity index (χ3n) is 5.61. The molecule has 3 saturated heterocycles. The molecular formula is C16H29N3O5S. The molecular weight excluding hydrogens is 346 g/mol. The molecule has 0 bridgehead atoms. The van der Waals surface area contributed by atoms with E-state index in [1.807, 2.05) is 4.90 Å². The third kappa shape index (κ3) is 4.16. The monoisotopic (exact) mass is 375 g/mol. The van der Waals surface area contributed by atoms with Crippen LogP contribution in [0.25, 0.3) is 0 Å². The van der Waals surface area contributed by atoms with Crippen LogP contribution in [-0.4, -0.2) is 105 Å². The van der Waals surface area contributed by atoms with Crippen LogP contribution in [-0.2, 0) is 24.3 Å². The maximum atomic E-state index is 12.6. The number of nitrogens with zero attached hydrogens (tertiary/aromatic N) is 3. The van der Waals surface area contributed by atoms with Crippen LogP contribution in [0.2, 0.25) is 0 Å². The highest BCUT2D eigenvalue weighted by Gasteiger charge is 2.46. The van der Waals surface area contributed by atoms with Gasteiger partial charge in [0, 0.05) is 52.8 Å². The molecule has 3 fully saturated rings. The minimum atomic E-state index is -3.31. The first kappa shape index (κ1) is 19.0. The molecule has 1 amide bonds. The maximum absolute atomic E-state index is 12.6. The van der Waals surface area contributed by atoms with Crippen LogP contribution in [0.1, 0.15) is 19.8 Å². The van der Waals surface area contributed by atoms with Crippen molar-refractivity contribution in [3.63, 3.8) is 0 Å². The van der Waals surface area contributed by atoms with Crippen molar-refractivity contribution >= 4 is 15.9 Å². The summed E-state index contributed by atoms with van der Waals surface area (Å²) in [5, 5.41) is 0. The summed E-state index contributed by atoms with van der Waals surface area (Å²) in [7, 11) is -1.73. The number of hydrogen-bond donors (Lipinski definition) is 0. The van der Waals surface area contributed by atoms with Crippen LogP contribution < -0.4 is 0 Å². The lowest BCUT2D eigenvalue weighted by molar-refractivity contribution is -0.130. The van der Waals surface area contributed by atoms with Crippen LogP contribution in [0, 0.1) is 0 Å². The van der Waals surface area contributed by atoms with Crippen molar-refractivity contribution in [2.75, 3.05) is 58.8 Å². The fourth-order valence-electron chi connectivity index (χ4n) is 4.18. The van der Waals surface area contributed by atoms with Gasteiger partial charge in [-0.05, 0) is 12.8 Å². The number of amides is 1. The van der Waals surface area contributed by atoms with Crippen molar-refractivity contribution in [3.8, 4) is 0 Å². The van der Waals surface area contributed by atoms with E-state index in [-0.39, 0.29) is 30.4 Å². The Labute approximate surface area is 150 Å². The zero-order chi connectivity index (χ0) is 18.0. The van der Waals surface area contributed by atoms with Crippen LogP contribution in [0.15, 0.2) is 0 Å². The van der Waals surface area contributed by atoms with Gasteiger partial charge >= 0.3 is 0 Å². The predicted octanol–water partition coefficient (Wildman–Crippen LogP) is -0.641. The number of rotatable bonds is 4. The topological polar surface area (TPSA) is 79.4 Å². The van der Waals surface area contributed by atoms with Crippen LogP contribution >= 0.6 is 0 Å². The second-order valence-electron chi connectivity index (χ2n) is 7.09. The minimum absolute atomic E-state index is 0.0424. The van der Waals surface area contributed by atoms with Gasteiger partial charge < -0.3 is 14.4 Å². The number of carbonyl (C=O) groups excluding carboxylic acids is 1. The number of likely N-dealkylation sites (tertiary alicyclic amines) is 2. The lowest BCUT2D eigenvalue weighted by Crippen LogP contribution is -2.48. The van der Waals surface area contributed by atoms with Crippen molar-refractivity contribution in [2.45, 2.75) is 38.0 Å². The summed E-state index contributed by atoms with van der Waals surface area (Å²) in [5.41, 5.74) is 0. The molecule has 0 aromatic heterocycles. The Morgan fingerprint density at radius 3 is 2.60 bits per heavy atom. The second kappa shape index (κ2) is 7.87.